The van der Waals surface area contributed by atoms with E-state index in [-0.39, 0.29) is 23.7 Å². The molecule has 0 saturated carbocycles. The van der Waals surface area contributed by atoms with Crippen LogP contribution in [-0.2, 0) is 0 Å². The number of Topliss-reactive ketones (excluding diaryl/α,β-unsaturated/α-hetero) is 2. The van der Waals surface area contributed by atoms with Gasteiger partial charge < -0.3 is 14.7 Å². The molecule has 0 amide bonds. The van der Waals surface area contributed by atoms with Gasteiger partial charge in [0.15, 0.2) is 17.6 Å². The second kappa shape index (κ2) is 7.76. The van der Waals surface area contributed by atoms with E-state index in [4.69, 9.17) is 4.42 Å². The van der Waals surface area contributed by atoms with Crippen LogP contribution in [0.25, 0.3) is 0 Å². The molecule has 0 saturated heterocycles. The molecule has 0 radical (unpaired) electrons. The summed E-state index contributed by atoms with van der Waals surface area (Å²) in [6, 6.07) is 13.3. The normalized spacial score (nSPS) is 13.3. The Morgan fingerprint density at radius 1 is 1.07 bits per heavy atom. The fourth-order valence-corrected chi connectivity index (χ4v) is 3.63. The van der Waals surface area contributed by atoms with Crippen LogP contribution in [0.2, 0.25) is 0 Å². The predicted octanol–water partition coefficient (Wildman–Crippen LogP) is 3.35. The molecular weight excluding hydrogens is 340 g/mol. The molecule has 2 atom stereocenters. The van der Waals surface area contributed by atoms with Crippen LogP contribution in [-0.4, -0.2) is 22.6 Å². The summed E-state index contributed by atoms with van der Waals surface area (Å²) in [7, 11) is 0. The maximum absolute atomic E-state index is 13.1. The maximum Gasteiger partial charge on any atom is 0.235 e. The minimum absolute atomic E-state index is 0.0319. The van der Waals surface area contributed by atoms with Crippen LogP contribution in [0, 0.1) is 13.8 Å². The van der Waals surface area contributed by atoms with Gasteiger partial charge in [0, 0.05) is 16.8 Å². The third-order valence-corrected chi connectivity index (χ3v) is 4.94. The topological polar surface area (TPSA) is 79.7 Å². The van der Waals surface area contributed by atoms with E-state index in [1.807, 2.05) is 68.6 Å². The molecule has 2 heterocycles. The largest absolute Gasteiger partial charge is 0.463 e. The van der Waals surface area contributed by atoms with Crippen molar-refractivity contribution in [1.82, 2.24) is 4.98 Å². The first kappa shape index (κ1) is 18.9. The maximum atomic E-state index is 13.1. The van der Waals surface area contributed by atoms with Crippen molar-refractivity contribution in [3.63, 3.8) is 0 Å². The number of rotatable bonds is 7. The average molecular weight is 365 g/mol. The van der Waals surface area contributed by atoms with Crippen LogP contribution < -0.4 is 5.32 Å². The summed E-state index contributed by atoms with van der Waals surface area (Å²) < 4.78 is 5.62. The highest BCUT2D eigenvalue weighted by molar-refractivity contribution is 6.04. The summed E-state index contributed by atoms with van der Waals surface area (Å²) in [5.41, 5.74) is 3.64. The number of benzene rings is 1. The van der Waals surface area contributed by atoms with Crippen LogP contribution in [0.15, 0.2) is 53.1 Å². The smallest absolute Gasteiger partial charge is 0.235 e. The summed E-state index contributed by atoms with van der Waals surface area (Å²) in [5.74, 6) is 0.731. The minimum Gasteiger partial charge on any atom is -0.463 e. The third-order valence-electron chi connectivity index (χ3n) is 4.94. The number of aromatic amines is 1. The van der Waals surface area contributed by atoms with Crippen molar-refractivity contribution in [2.45, 2.75) is 39.8 Å². The lowest BCUT2D eigenvalue weighted by Gasteiger charge is -2.18. The summed E-state index contributed by atoms with van der Waals surface area (Å²) in [4.78, 5) is 28.1. The van der Waals surface area contributed by atoms with E-state index in [1.165, 1.54) is 6.92 Å². The third kappa shape index (κ3) is 3.78. The lowest BCUT2D eigenvalue weighted by molar-refractivity contribution is -0.705. The van der Waals surface area contributed by atoms with Crippen molar-refractivity contribution >= 4 is 11.6 Å². The molecule has 3 aromatic rings. The lowest BCUT2D eigenvalue weighted by atomic mass is 10.00. The molecule has 27 heavy (non-hydrogen) atoms. The zero-order valence-electron chi connectivity index (χ0n) is 16.1. The summed E-state index contributed by atoms with van der Waals surface area (Å²) in [6.45, 7) is 7.05. The van der Waals surface area contributed by atoms with E-state index in [0.29, 0.717) is 11.3 Å². The Morgan fingerprint density at radius 2 is 1.78 bits per heavy atom. The van der Waals surface area contributed by atoms with Gasteiger partial charge in [0.1, 0.15) is 6.04 Å². The van der Waals surface area contributed by atoms with E-state index in [1.54, 1.807) is 6.26 Å². The fourth-order valence-electron chi connectivity index (χ4n) is 3.63. The highest BCUT2D eigenvalue weighted by Gasteiger charge is 2.30. The molecule has 5 nitrogen and oxygen atoms in total. The predicted molar refractivity (Wildman–Crippen MR) is 103 cm³/mol. The van der Waals surface area contributed by atoms with E-state index < -0.39 is 0 Å². The molecule has 140 valence electrons. The zero-order chi connectivity index (χ0) is 19.6. The molecular formula is C22H25N2O3+. The summed E-state index contributed by atoms with van der Waals surface area (Å²) in [5, 5.41) is 2.00. The Bertz CT molecular complexity index is 940. The molecule has 0 fully saturated rings. The Hall–Kier alpha value is -2.92. The number of aryl methyl sites for hydroxylation is 1. The van der Waals surface area contributed by atoms with Crippen LogP contribution in [0.4, 0.5) is 0 Å². The van der Waals surface area contributed by atoms with E-state index in [9.17, 15) is 9.59 Å². The number of nitrogens with two attached hydrogens (primary N) is 1. The summed E-state index contributed by atoms with van der Waals surface area (Å²) >= 11 is 0. The highest BCUT2D eigenvalue weighted by atomic mass is 16.3. The number of quaternary nitrogens is 1. The van der Waals surface area contributed by atoms with Crippen molar-refractivity contribution in [2.24, 2.45) is 0 Å². The number of furan rings is 1. The number of hydrogen-bond acceptors (Lipinski definition) is 3. The van der Waals surface area contributed by atoms with Gasteiger partial charge in [0.2, 0.25) is 5.78 Å². The van der Waals surface area contributed by atoms with Crippen LogP contribution in [0.3, 0.4) is 0 Å². The van der Waals surface area contributed by atoms with Crippen LogP contribution in [0.5, 0.6) is 0 Å². The number of nitrogens with one attached hydrogen (secondary N) is 1. The fraction of sp³-hybridized carbons (Fsp3) is 0.273. The van der Waals surface area contributed by atoms with Crippen molar-refractivity contribution < 1.29 is 19.3 Å². The number of carbonyl (C=O) groups excluding carboxylic acids is 2. The van der Waals surface area contributed by atoms with Crippen molar-refractivity contribution in [3.8, 4) is 0 Å². The van der Waals surface area contributed by atoms with E-state index in [0.717, 1.165) is 22.6 Å². The van der Waals surface area contributed by atoms with Crippen molar-refractivity contribution in [1.29, 1.82) is 0 Å². The minimum atomic E-state index is -0.350. The Balaban J connectivity index is 1.88. The molecule has 0 aliphatic rings. The molecule has 0 aliphatic heterocycles. The van der Waals surface area contributed by atoms with Gasteiger partial charge in [-0.05, 0) is 45.4 Å². The van der Waals surface area contributed by atoms with Gasteiger partial charge in [0.05, 0.1) is 12.0 Å². The molecule has 0 spiro atoms. The zero-order valence-corrected chi connectivity index (χ0v) is 16.1. The van der Waals surface area contributed by atoms with Crippen molar-refractivity contribution in [3.05, 3.63) is 82.6 Å². The van der Waals surface area contributed by atoms with Crippen molar-refractivity contribution in [2.75, 3.05) is 0 Å². The van der Waals surface area contributed by atoms with Crippen LogP contribution in [0.1, 0.15) is 63.3 Å². The van der Waals surface area contributed by atoms with E-state index in [2.05, 4.69) is 4.98 Å². The standard InChI is InChI=1S/C22H24N2O3/c1-13-19(16(4)25)14(2)23-20(13)22(26)15(3)24-21(18-11-8-12-27-18)17-9-6-5-7-10-17/h5-12,15,21,23-24H,1-4H3/p+1/t15-,21-/m0/s1. The second-order valence-electron chi connectivity index (χ2n) is 6.93. The first-order valence-electron chi connectivity index (χ1n) is 9.07. The van der Waals surface area contributed by atoms with Gasteiger partial charge in [-0.1, -0.05) is 30.3 Å². The van der Waals surface area contributed by atoms with Gasteiger partial charge in [-0.15, -0.1) is 0 Å². The second-order valence-corrected chi connectivity index (χ2v) is 6.93. The van der Waals surface area contributed by atoms with Gasteiger partial charge in [-0.3, -0.25) is 9.59 Å². The molecule has 3 rings (SSSR count). The number of carbonyl (C=O) groups is 2. The summed E-state index contributed by atoms with van der Waals surface area (Å²) in [6.07, 6.45) is 1.64. The first-order valence-corrected chi connectivity index (χ1v) is 9.07. The monoisotopic (exact) mass is 365 g/mol. The number of ketones is 2. The molecule has 3 N–H and O–H groups in total. The SMILES string of the molecule is CC(=O)c1c(C)[nH]c(C(=O)[C@H](C)[NH2+][C@@H](c2ccccc2)c2ccco2)c1C. The van der Waals surface area contributed by atoms with Crippen LogP contribution >= 0.6 is 0 Å². The lowest BCUT2D eigenvalue weighted by Crippen LogP contribution is -2.92. The molecule has 0 bridgehead atoms. The molecule has 0 unspecified atom stereocenters. The Morgan fingerprint density at radius 3 is 2.33 bits per heavy atom. The number of hydrogen-bond donors (Lipinski definition) is 2. The van der Waals surface area contributed by atoms with Gasteiger partial charge in [0.25, 0.3) is 0 Å². The number of H-pyrrole nitrogens is 1. The van der Waals surface area contributed by atoms with E-state index >= 15 is 0 Å². The average Bonchev–Trinajstić information content (AvgIpc) is 3.27. The van der Waals surface area contributed by atoms with Gasteiger partial charge in [-0.2, -0.15) is 0 Å². The Kier molecular flexibility index (Phi) is 5.42. The van der Waals surface area contributed by atoms with Gasteiger partial charge in [-0.25, -0.2) is 0 Å². The highest BCUT2D eigenvalue weighted by Crippen LogP contribution is 2.21. The molecule has 5 heteroatoms. The number of aromatic nitrogens is 1. The molecule has 2 aromatic heterocycles. The Labute approximate surface area is 158 Å². The van der Waals surface area contributed by atoms with Gasteiger partial charge >= 0.3 is 0 Å². The molecule has 1 aromatic carbocycles. The first-order chi connectivity index (χ1) is 12.9. The quantitative estimate of drug-likeness (QED) is 0.630. The molecule has 0 aliphatic carbocycles.